The summed E-state index contributed by atoms with van der Waals surface area (Å²) < 4.78 is 28.3. The normalized spacial score (nSPS) is 21.4. The van der Waals surface area contributed by atoms with Gasteiger partial charge in [0.2, 0.25) is 10.0 Å². The van der Waals surface area contributed by atoms with E-state index in [-0.39, 0.29) is 5.75 Å². The predicted octanol–water partition coefficient (Wildman–Crippen LogP) is 2.52. The summed E-state index contributed by atoms with van der Waals surface area (Å²) in [6.07, 6.45) is 7.14. The largest absolute Gasteiger partial charge is 0.332 e. The highest BCUT2D eigenvalue weighted by Crippen LogP contribution is 2.40. The molecule has 1 saturated heterocycles. The number of hydrogen-bond donors (Lipinski definition) is 0. The third-order valence-electron chi connectivity index (χ3n) is 4.90. The fourth-order valence-electron chi connectivity index (χ4n) is 3.40. The van der Waals surface area contributed by atoms with Gasteiger partial charge in [-0.15, -0.1) is 0 Å². The van der Waals surface area contributed by atoms with Crippen LogP contribution in [0.15, 0.2) is 6.20 Å². The van der Waals surface area contributed by atoms with E-state index in [1.165, 1.54) is 24.4 Å². The Labute approximate surface area is 133 Å². The summed E-state index contributed by atoms with van der Waals surface area (Å²) in [5.74, 6) is 2.76. The van der Waals surface area contributed by atoms with Crippen molar-refractivity contribution in [1.29, 1.82) is 0 Å². The molecule has 0 bridgehead atoms. The van der Waals surface area contributed by atoms with Crippen LogP contribution in [0.3, 0.4) is 0 Å². The molecular formula is C16H27N3O2S. The van der Waals surface area contributed by atoms with Crippen molar-refractivity contribution in [3.63, 3.8) is 0 Å². The van der Waals surface area contributed by atoms with Gasteiger partial charge in [-0.2, -0.15) is 0 Å². The number of piperidine rings is 1. The maximum Gasteiger partial charge on any atom is 0.214 e. The number of nitrogens with zero attached hydrogens (tertiary/aromatic N) is 3. The van der Waals surface area contributed by atoms with Crippen molar-refractivity contribution in [1.82, 2.24) is 13.9 Å². The molecule has 22 heavy (non-hydrogen) atoms. The minimum absolute atomic E-state index is 0.282. The predicted molar refractivity (Wildman–Crippen MR) is 87.3 cm³/mol. The lowest BCUT2D eigenvalue weighted by Crippen LogP contribution is -2.40. The third kappa shape index (κ3) is 3.38. The zero-order chi connectivity index (χ0) is 15.7. The fraction of sp³-hybridized carbons (Fsp3) is 0.812. The SMILES string of the molecule is CCCS(=O)(=O)N1CCC(Cn2c(C)cnc2C2CC2)CC1. The van der Waals surface area contributed by atoms with Crippen molar-refractivity contribution in [2.75, 3.05) is 18.8 Å². The van der Waals surface area contributed by atoms with Gasteiger partial charge in [-0.3, -0.25) is 0 Å². The average Bonchev–Trinajstić information content (AvgIpc) is 3.26. The van der Waals surface area contributed by atoms with Crippen LogP contribution >= 0.6 is 0 Å². The van der Waals surface area contributed by atoms with Gasteiger partial charge in [-0.1, -0.05) is 6.92 Å². The highest BCUT2D eigenvalue weighted by Gasteiger charge is 2.31. The van der Waals surface area contributed by atoms with E-state index in [0.717, 1.165) is 19.4 Å². The summed E-state index contributed by atoms with van der Waals surface area (Å²) in [5, 5.41) is 0. The standard InChI is InChI=1S/C16H27N3O2S/c1-3-10-22(20,21)18-8-6-14(7-9-18)12-19-13(2)11-17-16(19)15-4-5-15/h11,14-15H,3-10,12H2,1-2H3. The van der Waals surface area contributed by atoms with Gasteiger partial charge in [0.1, 0.15) is 5.82 Å². The maximum atomic E-state index is 12.1. The molecule has 0 radical (unpaired) electrons. The van der Waals surface area contributed by atoms with E-state index in [9.17, 15) is 8.42 Å². The number of hydrogen-bond acceptors (Lipinski definition) is 3. The molecule has 2 heterocycles. The number of aryl methyl sites for hydroxylation is 1. The van der Waals surface area contributed by atoms with Crippen LogP contribution in [-0.2, 0) is 16.6 Å². The maximum absolute atomic E-state index is 12.1. The summed E-state index contributed by atoms with van der Waals surface area (Å²) in [7, 11) is -3.02. The summed E-state index contributed by atoms with van der Waals surface area (Å²) in [5.41, 5.74) is 1.24. The van der Waals surface area contributed by atoms with Crippen LogP contribution in [-0.4, -0.2) is 41.1 Å². The van der Waals surface area contributed by atoms with Crippen LogP contribution in [0, 0.1) is 12.8 Å². The molecule has 0 amide bonds. The van der Waals surface area contributed by atoms with Gasteiger partial charge >= 0.3 is 0 Å². The second-order valence-corrected chi connectivity index (χ2v) is 8.89. The minimum atomic E-state index is -3.02. The van der Waals surface area contributed by atoms with Gasteiger partial charge in [0.25, 0.3) is 0 Å². The molecule has 0 atom stereocenters. The van der Waals surface area contributed by atoms with Crippen molar-refractivity contribution in [2.45, 2.75) is 58.4 Å². The van der Waals surface area contributed by atoms with Crippen LogP contribution in [0.2, 0.25) is 0 Å². The summed E-state index contributed by atoms with van der Waals surface area (Å²) in [6.45, 7) is 6.41. The van der Waals surface area contributed by atoms with E-state index in [1.807, 2.05) is 13.1 Å². The Hall–Kier alpha value is -0.880. The van der Waals surface area contributed by atoms with Crippen LogP contribution in [0.4, 0.5) is 0 Å². The lowest BCUT2D eigenvalue weighted by atomic mass is 9.98. The van der Waals surface area contributed by atoms with E-state index in [2.05, 4.69) is 16.5 Å². The highest BCUT2D eigenvalue weighted by atomic mass is 32.2. The molecule has 1 aromatic rings. The number of rotatable bonds is 6. The van der Waals surface area contributed by atoms with Gasteiger partial charge in [-0.05, 0) is 44.9 Å². The molecule has 3 rings (SSSR count). The third-order valence-corrected chi connectivity index (χ3v) is 6.97. The molecule has 1 aromatic heterocycles. The van der Waals surface area contributed by atoms with Crippen molar-refractivity contribution in [3.8, 4) is 0 Å². The first-order valence-electron chi connectivity index (χ1n) is 8.51. The molecule has 1 aliphatic carbocycles. The lowest BCUT2D eigenvalue weighted by Gasteiger charge is -2.31. The van der Waals surface area contributed by atoms with Crippen molar-refractivity contribution in [3.05, 3.63) is 17.7 Å². The van der Waals surface area contributed by atoms with Crippen molar-refractivity contribution in [2.24, 2.45) is 5.92 Å². The molecule has 0 aromatic carbocycles. The van der Waals surface area contributed by atoms with E-state index in [1.54, 1.807) is 4.31 Å². The zero-order valence-corrected chi connectivity index (χ0v) is 14.5. The Balaban J connectivity index is 1.60. The molecule has 0 spiro atoms. The molecule has 2 aliphatic rings. The Kier molecular flexibility index (Phi) is 4.59. The smallest absolute Gasteiger partial charge is 0.214 e. The zero-order valence-electron chi connectivity index (χ0n) is 13.7. The molecule has 1 saturated carbocycles. The van der Waals surface area contributed by atoms with E-state index < -0.39 is 10.0 Å². The lowest BCUT2D eigenvalue weighted by molar-refractivity contribution is 0.250. The number of imidazole rings is 1. The van der Waals surface area contributed by atoms with Gasteiger partial charge in [0, 0.05) is 37.4 Å². The monoisotopic (exact) mass is 325 g/mol. The van der Waals surface area contributed by atoms with Crippen LogP contribution in [0.25, 0.3) is 0 Å². The molecule has 1 aliphatic heterocycles. The van der Waals surface area contributed by atoms with Crippen molar-refractivity contribution >= 4 is 10.0 Å². The van der Waals surface area contributed by atoms with Crippen LogP contribution < -0.4 is 0 Å². The van der Waals surface area contributed by atoms with E-state index in [0.29, 0.717) is 31.3 Å². The van der Waals surface area contributed by atoms with Crippen LogP contribution in [0.5, 0.6) is 0 Å². The first-order chi connectivity index (χ1) is 10.5. The minimum Gasteiger partial charge on any atom is -0.332 e. The van der Waals surface area contributed by atoms with E-state index >= 15 is 0 Å². The van der Waals surface area contributed by atoms with Gasteiger partial charge in [-0.25, -0.2) is 17.7 Å². The van der Waals surface area contributed by atoms with Crippen LogP contribution in [0.1, 0.15) is 56.5 Å². The summed E-state index contributed by atoms with van der Waals surface area (Å²) in [4.78, 5) is 4.58. The molecule has 0 unspecified atom stereocenters. The Morgan fingerprint density at radius 3 is 2.50 bits per heavy atom. The van der Waals surface area contributed by atoms with Gasteiger partial charge < -0.3 is 4.57 Å². The van der Waals surface area contributed by atoms with E-state index in [4.69, 9.17) is 0 Å². The first kappa shape index (κ1) is 16.0. The molecule has 0 N–H and O–H groups in total. The quantitative estimate of drug-likeness (QED) is 0.807. The molecule has 2 fully saturated rings. The van der Waals surface area contributed by atoms with Gasteiger partial charge in [0.05, 0.1) is 5.75 Å². The molecular weight excluding hydrogens is 298 g/mol. The molecule has 6 heteroatoms. The number of sulfonamides is 1. The van der Waals surface area contributed by atoms with Gasteiger partial charge in [0.15, 0.2) is 0 Å². The van der Waals surface area contributed by atoms with Crippen molar-refractivity contribution < 1.29 is 8.42 Å². The first-order valence-corrected chi connectivity index (χ1v) is 10.1. The topological polar surface area (TPSA) is 55.2 Å². The second-order valence-electron chi connectivity index (χ2n) is 6.80. The molecule has 5 nitrogen and oxygen atoms in total. The average molecular weight is 325 g/mol. The Bertz CT molecular complexity index is 611. The fourth-order valence-corrected chi connectivity index (χ4v) is 4.94. The Morgan fingerprint density at radius 1 is 1.23 bits per heavy atom. The molecule has 124 valence electrons. The number of aromatic nitrogens is 2. The Morgan fingerprint density at radius 2 is 1.91 bits per heavy atom. The second kappa shape index (κ2) is 6.32. The highest BCUT2D eigenvalue weighted by molar-refractivity contribution is 7.89. The summed E-state index contributed by atoms with van der Waals surface area (Å²) >= 11 is 0. The summed E-state index contributed by atoms with van der Waals surface area (Å²) in [6, 6.07) is 0.